The summed E-state index contributed by atoms with van der Waals surface area (Å²) in [6.45, 7) is 0.866. The monoisotopic (exact) mass is 314 g/mol. The van der Waals surface area contributed by atoms with E-state index in [-0.39, 0.29) is 0 Å². The predicted molar refractivity (Wildman–Crippen MR) is 62.6 cm³/mol. The summed E-state index contributed by atoms with van der Waals surface area (Å²) in [4.78, 5) is 10.8. The van der Waals surface area contributed by atoms with Gasteiger partial charge >= 0.3 is 16.3 Å². The van der Waals surface area contributed by atoms with Gasteiger partial charge in [-0.05, 0) is 18.8 Å². The largest absolute Gasteiger partial charge is 0.452 e. The molecule has 1 saturated heterocycles. The Hall–Kier alpha value is -0.340. The number of alkyl halides is 1. The van der Waals surface area contributed by atoms with Gasteiger partial charge in [0.05, 0.1) is 7.11 Å². The molecule has 0 saturated carbocycles. The maximum absolute atomic E-state index is 11.7. The van der Waals surface area contributed by atoms with Crippen molar-refractivity contribution in [2.75, 3.05) is 25.5 Å². The van der Waals surface area contributed by atoms with Gasteiger partial charge in [-0.15, -0.1) is 0 Å². The van der Waals surface area contributed by atoms with Gasteiger partial charge in [-0.3, -0.25) is 0 Å². The van der Waals surface area contributed by atoms with Crippen molar-refractivity contribution in [1.29, 1.82) is 0 Å². The Morgan fingerprint density at radius 1 is 1.50 bits per heavy atom. The average Bonchev–Trinajstić information content (AvgIpc) is 2.28. The molecule has 16 heavy (non-hydrogen) atoms. The van der Waals surface area contributed by atoms with Gasteiger partial charge in [0, 0.05) is 18.4 Å². The van der Waals surface area contributed by atoms with Crippen LogP contribution in [0, 0.1) is 5.92 Å². The number of amides is 1. The maximum Gasteiger partial charge on any atom is 0.421 e. The van der Waals surface area contributed by atoms with Crippen LogP contribution in [0.1, 0.15) is 12.8 Å². The van der Waals surface area contributed by atoms with Crippen LogP contribution >= 0.6 is 15.9 Å². The van der Waals surface area contributed by atoms with Crippen LogP contribution in [-0.4, -0.2) is 44.3 Å². The van der Waals surface area contributed by atoms with E-state index in [9.17, 15) is 13.2 Å². The van der Waals surface area contributed by atoms with E-state index in [1.165, 1.54) is 4.31 Å². The number of methoxy groups -OCH3 is 1. The molecular formula is C8H15BrN2O4S. The van der Waals surface area contributed by atoms with E-state index in [0.29, 0.717) is 19.0 Å². The van der Waals surface area contributed by atoms with Crippen molar-refractivity contribution < 1.29 is 17.9 Å². The number of nitrogens with zero attached hydrogens (tertiary/aromatic N) is 1. The van der Waals surface area contributed by atoms with Crippen LogP contribution in [0.2, 0.25) is 0 Å². The Morgan fingerprint density at radius 2 is 2.06 bits per heavy atom. The summed E-state index contributed by atoms with van der Waals surface area (Å²) in [5.41, 5.74) is 0. The van der Waals surface area contributed by atoms with Crippen molar-refractivity contribution in [3.05, 3.63) is 0 Å². The molecule has 0 atom stereocenters. The van der Waals surface area contributed by atoms with Crippen molar-refractivity contribution in [3.63, 3.8) is 0 Å². The summed E-state index contributed by atoms with van der Waals surface area (Å²) < 4.78 is 30.7. The minimum atomic E-state index is -3.73. The molecule has 1 fully saturated rings. The molecule has 1 amide bonds. The Bertz CT molecular complexity index is 338. The molecular weight excluding hydrogens is 300 g/mol. The zero-order valence-corrected chi connectivity index (χ0v) is 11.4. The van der Waals surface area contributed by atoms with Gasteiger partial charge < -0.3 is 4.74 Å². The third kappa shape index (κ3) is 3.60. The smallest absolute Gasteiger partial charge is 0.421 e. The molecule has 1 aliphatic rings. The second-order valence-electron chi connectivity index (χ2n) is 3.60. The third-order valence-corrected chi connectivity index (χ3v) is 4.91. The molecule has 0 aromatic carbocycles. The molecule has 1 aliphatic heterocycles. The molecule has 1 rings (SSSR count). The zero-order valence-electron chi connectivity index (χ0n) is 8.98. The predicted octanol–water partition coefficient (Wildman–Crippen LogP) is 0.694. The van der Waals surface area contributed by atoms with Crippen molar-refractivity contribution in [2.24, 2.45) is 5.92 Å². The lowest BCUT2D eigenvalue weighted by Gasteiger charge is -2.29. The van der Waals surface area contributed by atoms with Crippen molar-refractivity contribution in [3.8, 4) is 0 Å². The summed E-state index contributed by atoms with van der Waals surface area (Å²) >= 11 is 3.38. The number of halogens is 1. The first kappa shape index (κ1) is 13.7. The standard InChI is InChI=1S/C8H15BrN2O4S/c1-15-8(12)10-16(13,14)11-4-2-7(6-9)3-5-11/h7H,2-6H2,1H3,(H,10,12). The van der Waals surface area contributed by atoms with Gasteiger partial charge in [-0.25, -0.2) is 9.52 Å². The van der Waals surface area contributed by atoms with E-state index in [2.05, 4.69) is 20.7 Å². The first-order valence-electron chi connectivity index (χ1n) is 4.91. The van der Waals surface area contributed by atoms with Crippen LogP contribution in [0.15, 0.2) is 0 Å². The van der Waals surface area contributed by atoms with Gasteiger partial charge in [0.15, 0.2) is 0 Å². The summed E-state index contributed by atoms with van der Waals surface area (Å²) in [6.07, 6.45) is 0.642. The van der Waals surface area contributed by atoms with Crippen molar-refractivity contribution in [1.82, 2.24) is 9.03 Å². The number of carbonyl (C=O) groups excluding carboxylic acids is 1. The first-order valence-corrected chi connectivity index (χ1v) is 7.47. The fraction of sp³-hybridized carbons (Fsp3) is 0.875. The lowest BCUT2D eigenvalue weighted by Crippen LogP contribution is -2.47. The molecule has 0 unspecified atom stereocenters. The lowest BCUT2D eigenvalue weighted by molar-refractivity contribution is 0.176. The fourth-order valence-corrected chi connectivity index (χ4v) is 3.28. The number of hydrogen-bond acceptors (Lipinski definition) is 4. The quantitative estimate of drug-likeness (QED) is 0.778. The Balaban J connectivity index is 2.55. The van der Waals surface area contributed by atoms with Crippen molar-refractivity contribution in [2.45, 2.75) is 12.8 Å². The summed E-state index contributed by atoms with van der Waals surface area (Å²) in [6, 6.07) is 0. The molecule has 8 heteroatoms. The highest BCUT2D eigenvalue weighted by Gasteiger charge is 2.28. The highest BCUT2D eigenvalue weighted by molar-refractivity contribution is 9.09. The summed E-state index contributed by atoms with van der Waals surface area (Å²) in [5, 5.41) is 0.880. The molecule has 94 valence electrons. The van der Waals surface area contributed by atoms with Crippen LogP contribution in [0.4, 0.5) is 4.79 Å². The summed E-state index contributed by atoms with van der Waals surface area (Å²) in [7, 11) is -2.61. The third-order valence-electron chi connectivity index (χ3n) is 2.53. The lowest BCUT2D eigenvalue weighted by atomic mass is 10.0. The Labute approximate surface area is 104 Å². The zero-order chi connectivity index (χ0) is 12.2. The number of ether oxygens (including phenoxy) is 1. The maximum atomic E-state index is 11.7. The van der Waals surface area contributed by atoms with E-state index in [4.69, 9.17) is 0 Å². The van der Waals surface area contributed by atoms with Crippen LogP contribution in [0.25, 0.3) is 0 Å². The molecule has 0 spiro atoms. The minimum Gasteiger partial charge on any atom is -0.452 e. The molecule has 6 nitrogen and oxygen atoms in total. The van der Waals surface area contributed by atoms with E-state index < -0.39 is 16.3 Å². The highest BCUT2D eigenvalue weighted by atomic mass is 79.9. The average molecular weight is 315 g/mol. The van der Waals surface area contributed by atoms with Gasteiger partial charge in [0.1, 0.15) is 0 Å². The molecule has 0 radical (unpaired) electrons. The van der Waals surface area contributed by atoms with Crippen LogP contribution in [0.5, 0.6) is 0 Å². The van der Waals surface area contributed by atoms with Crippen molar-refractivity contribution >= 4 is 32.2 Å². The van der Waals surface area contributed by atoms with Gasteiger partial charge in [-0.2, -0.15) is 12.7 Å². The Morgan fingerprint density at radius 3 is 2.50 bits per heavy atom. The van der Waals surface area contributed by atoms with Gasteiger partial charge in [0.2, 0.25) is 0 Å². The normalized spacial score (nSPS) is 19.4. The van der Waals surface area contributed by atoms with Crippen LogP contribution in [-0.2, 0) is 14.9 Å². The van der Waals surface area contributed by atoms with E-state index >= 15 is 0 Å². The number of rotatable bonds is 3. The fourth-order valence-electron chi connectivity index (χ4n) is 1.52. The SMILES string of the molecule is COC(=O)NS(=O)(=O)N1CCC(CBr)CC1. The topological polar surface area (TPSA) is 75.7 Å². The van der Waals surface area contributed by atoms with Gasteiger partial charge in [-0.1, -0.05) is 15.9 Å². The molecule has 0 aliphatic carbocycles. The molecule has 0 aromatic rings. The number of carbonyl (C=O) groups is 1. The number of hydrogen-bond donors (Lipinski definition) is 1. The second-order valence-corrected chi connectivity index (χ2v) is 5.91. The summed E-state index contributed by atoms with van der Waals surface area (Å²) in [5.74, 6) is 0.504. The minimum absolute atomic E-state index is 0.433. The molecule has 0 bridgehead atoms. The van der Waals surface area contributed by atoms with Crippen LogP contribution < -0.4 is 4.72 Å². The molecule has 1 N–H and O–H groups in total. The van der Waals surface area contributed by atoms with Gasteiger partial charge in [0.25, 0.3) is 0 Å². The Kier molecular flexibility index (Phi) is 5.00. The second kappa shape index (κ2) is 5.83. The van der Waals surface area contributed by atoms with Crippen LogP contribution in [0.3, 0.4) is 0 Å². The van der Waals surface area contributed by atoms with E-state index in [1.54, 1.807) is 0 Å². The van der Waals surface area contributed by atoms with E-state index in [1.807, 2.05) is 4.72 Å². The number of piperidine rings is 1. The van der Waals surface area contributed by atoms with E-state index in [0.717, 1.165) is 25.3 Å². The number of nitrogens with one attached hydrogen (secondary N) is 1. The first-order chi connectivity index (χ1) is 7.49. The molecule has 1 heterocycles. The highest BCUT2D eigenvalue weighted by Crippen LogP contribution is 2.20. The molecule has 0 aromatic heterocycles.